The summed E-state index contributed by atoms with van der Waals surface area (Å²) >= 11 is 7.06. The van der Waals surface area contributed by atoms with Crippen LogP contribution in [0.5, 0.6) is 17.2 Å². The second-order valence-electron chi connectivity index (χ2n) is 8.63. The van der Waals surface area contributed by atoms with Crippen molar-refractivity contribution < 1.29 is 28.5 Å². The first kappa shape index (κ1) is 28.7. The van der Waals surface area contributed by atoms with E-state index in [0.29, 0.717) is 58.4 Å². The molecule has 1 N–H and O–H groups in total. The van der Waals surface area contributed by atoms with Crippen molar-refractivity contribution in [3.63, 3.8) is 0 Å². The summed E-state index contributed by atoms with van der Waals surface area (Å²) in [6, 6.07) is 6.99. The number of methoxy groups -OCH3 is 3. The van der Waals surface area contributed by atoms with E-state index >= 15 is 0 Å². The van der Waals surface area contributed by atoms with Gasteiger partial charge in [0.25, 0.3) is 0 Å². The molecule has 8 nitrogen and oxygen atoms in total. The van der Waals surface area contributed by atoms with E-state index in [1.165, 1.54) is 39.0 Å². The van der Waals surface area contributed by atoms with E-state index in [4.69, 9.17) is 30.5 Å². The number of rotatable bonds is 10. The van der Waals surface area contributed by atoms with Crippen LogP contribution in [0.15, 0.2) is 34.0 Å². The van der Waals surface area contributed by atoms with Gasteiger partial charge in [-0.1, -0.05) is 6.07 Å². The van der Waals surface area contributed by atoms with Crippen LogP contribution in [0.4, 0.5) is 0 Å². The minimum absolute atomic E-state index is 0.149. The molecule has 0 aliphatic heterocycles. The van der Waals surface area contributed by atoms with Crippen LogP contribution in [-0.2, 0) is 26.3 Å². The highest BCUT2D eigenvalue weighted by Crippen LogP contribution is 2.51. The molecule has 0 bridgehead atoms. The summed E-state index contributed by atoms with van der Waals surface area (Å²) < 4.78 is 22.7. The Morgan fingerprint density at radius 2 is 1.84 bits per heavy atom. The van der Waals surface area contributed by atoms with Gasteiger partial charge in [-0.3, -0.25) is 14.4 Å². The maximum absolute atomic E-state index is 13.2. The van der Waals surface area contributed by atoms with Gasteiger partial charge in [0, 0.05) is 24.8 Å². The van der Waals surface area contributed by atoms with E-state index in [1.807, 2.05) is 18.4 Å². The molecule has 0 heterocycles. The lowest BCUT2D eigenvalue weighted by atomic mass is 9.85. The number of fused-ring (bicyclic) bond motifs is 3. The number of alkyl halides is 1. The molecule has 10 heteroatoms. The minimum atomic E-state index is -1.17. The number of esters is 1. The van der Waals surface area contributed by atoms with E-state index in [0.717, 1.165) is 11.1 Å². The van der Waals surface area contributed by atoms with E-state index in [1.54, 1.807) is 13.2 Å². The number of carbonyl (C=O) groups is 2. The SMILES string of the molecule is COc1cc2c(c(OC)c1OC)-c1ccc(SC)c(=O)cc1C(COC(=O)CCCCl)(NC(C)=O)CC2. The average molecular weight is 550 g/mol. The fourth-order valence-corrected chi connectivity index (χ4v) is 5.31. The largest absolute Gasteiger partial charge is 0.493 e. The molecule has 0 saturated carbocycles. The summed E-state index contributed by atoms with van der Waals surface area (Å²) in [6.07, 6.45) is 3.27. The zero-order chi connectivity index (χ0) is 27.2. The lowest BCUT2D eigenvalue weighted by Gasteiger charge is -2.34. The van der Waals surface area contributed by atoms with Crippen LogP contribution in [0.3, 0.4) is 0 Å². The second kappa shape index (κ2) is 12.6. The van der Waals surface area contributed by atoms with Crippen molar-refractivity contribution in [3.05, 3.63) is 45.6 Å². The van der Waals surface area contributed by atoms with E-state index in [2.05, 4.69) is 5.32 Å². The summed E-state index contributed by atoms with van der Waals surface area (Å²) in [5, 5.41) is 3.02. The Kier molecular flexibility index (Phi) is 9.73. The van der Waals surface area contributed by atoms with Gasteiger partial charge in [-0.15, -0.1) is 23.4 Å². The number of carbonyl (C=O) groups excluding carboxylic acids is 2. The first-order valence-corrected chi connectivity index (χ1v) is 13.6. The molecule has 0 radical (unpaired) electrons. The predicted octanol–water partition coefficient (Wildman–Crippen LogP) is 4.30. The highest BCUT2D eigenvalue weighted by atomic mass is 35.5. The number of benzene rings is 1. The summed E-state index contributed by atoms with van der Waals surface area (Å²) in [5.74, 6) is 0.935. The van der Waals surface area contributed by atoms with Gasteiger partial charge in [0.1, 0.15) is 12.1 Å². The molecule has 37 heavy (non-hydrogen) atoms. The van der Waals surface area contributed by atoms with Crippen molar-refractivity contribution in [1.29, 1.82) is 0 Å². The van der Waals surface area contributed by atoms with Crippen molar-refractivity contribution in [1.82, 2.24) is 5.32 Å². The Morgan fingerprint density at radius 1 is 1.11 bits per heavy atom. The lowest BCUT2D eigenvalue weighted by Crippen LogP contribution is -2.49. The molecule has 200 valence electrons. The van der Waals surface area contributed by atoms with Crippen molar-refractivity contribution in [3.8, 4) is 28.4 Å². The first-order chi connectivity index (χ1) is 17.7. The zero-order valence-electron chi connectivity index (χ0n) is 21.7. The van der Waals surface area contributed by atoms with Crippen LogP contribution in [0.25, 0.3) is 11.1 Å². The Labute approximate surface area is 226 Å². The molecule has 2 aromatic carbocycles. The van der Waals surface area contributed by atoms with Crippen LogP contribution in [-0.4, -0.2) is 51.9 Å². The van der Waals surface area contributed by atoms with E-state index in [-0.39, 0.29) is 24.4 Å². The molecular formula is C27H32ClNO7S. The molecule has 1 amide bonds. The summed E-state index contributed by atoms with van der Waals surface area (Å²) in [6.45, 7) is 1.25. The standard InChI is InChI=1S/C27H32ClNO7S/c1-16(30)29-27(15-36-23(32)7-6-12-28)11-10-17-13-21(33-2)25(34-3)26(35-4)24(17)18-8-9-22(37-5)20(31)14-19(18)27/h8-9,13-14H,6-7,10-12,15H2,1-5H3,(H,29,30). The van der Waals surface area contributed by atoms with Crippen molar-refractivity contribution in [2.75, 3.05) is 40.1 Å². The van der Waals surface area contributed by atoms with Gasteiger partial charge in [-0.25, -0.2) is 0 Å². The highest BCUT2D eigenvalue weighted by molar-refractivity contribution is 7.98. The van der Waals surface area contributed by atoms with Gasteiger partial charge in [0.15, 0.2) is 16.9 Å². The monoisotopic (exact) mass is 549 g/mol. The number of amides is 1. The smallest absolute Gasteiger partial charge is 0.305 e. The number of hydrogen-bond acceptors (Lipinski definition) is 8. The van der Waals surface area contributed by atoms with Crippen LogP contribution in [0.2, 0.25) is 0 Å². The van der Waals surface area contributed by atoms with Crippen molar-refractivity contribution in [2.45, 2.75) is 43.0 Å². The molecule has 2 aromatic rings. The third-order valence-electron chi connectivity index (χ3n) is 6.36. The van der Waals surface area contributed by atoms with Gasteiger partial charge >= 0.3 is 5.97 Å². The molecule has 0 saturated heterocycles. The number of thioether (sulfide) groups is 1. The van der Waals surface area contributed by atoms with Gasteiger partial charge in [-0.05, 0) is 60.4 Å². The Morgan fingerprint density at radius 3 is 2.43 bits per heavy atom. The number of nitrogens with one attached hydrogen (secondary N) is 1. The zero-order valence-corrected chi connectivity index (χ0v) is 23.3. The molecule has 1 atom stereocenters. The first-order valence-electron chi connectivity index (χ1n) is 11.8. The molecular weight excluding hydrogens is 518 g/mol. The molecule has 0 spiro atoms. The fourth-order valence-electron chi connectivity index (χ4n) is 4.72. The average Bonchev–Trinajstić information content (AvgIpc) is 3.12. The predicted molar refractivity (Wildman–Crippen MR) is 144 cm³/mol. The molecule has 1 aliphatic carbocycles. The summed E-state index contributed by atoms with van der Waals surface area (Å²) in [5.41, 5.74) is 1.41. The Bertz CT molecular complexity index is 1240. The number of hydrogen-bond donors (Lipinski definition) is 1. The van der Waals surface area contributed by atoms with Crippen LogP contribution in [0.1, 0.15) is 37.3 Å². The lowest BCUT2D eigenvalue weighted by molar-refractivity contribution is -0.147. The quantitative estimate of drug-likeness (QED) is 0.266. The van der Waals surface area contributed by atoms with Gasteiger partial charge < -0.3 is 24.3 Å². The van der Waals surface area contributed by atoms with E-state index < -0.39 is 11.5 Å². The Balaban J connectivity index is 2.37. The van der Waals surface area contributed by atoms with Crippen molar-refractivity contribution in [2.24, 2.45) is 0 Å². The maximum atomic E-state index is 13.2. The number of halogens is 1. The molecule has 3 rings (SSSR count). The summed E-state index contributed by atoms with van der Waals surface area (Å²) in [7, 11) is 4.61. The normalized spacial score (nSPS) is 16.1. The third-order valence-corrected chi connectivity index (χ3v) is 7.40. The van der Waals surface area contributed by atoms with Crippen molar-refractivity contribution >= 4 is 35.2 Å². The minimum Gasteiger partial charge on any atom is -0.493 e. The fraction of sp³-hybridized carbons (Fsp3) is 0.444. The highest BCUT2D eigenvalue weighted by Gasteiger charge is 2.41. The second-order valence-corrected chi connectivity index (χ2v) is 9.86. The molecule has 0 aromatic heterocycles. The number of ether oxygens (including phenoxy) is 4. The third kappa shape index (κ3) is 5.99. The topological polar surface area (TPSA) is 100 Å². The van der Waals surface area contributed by atoms with Gasteiger partial charge in [0.05, 0.1) is 26.2 Å². The Hall–Kier alpha value is -2.91. The van der Waals surface area contributed by atoms with Gasteiger partial charge in [-0.2, -0.15) is 0 Å². The van der Waals surface area contributed by atoms with Crippen LogP contribution < -0.4 is 25.0 Å². The molecule has 0 fully saturated rings. The van der Waals surface area contributed by atoms with Crippen LogP contribution in [0, 0.1) is 0 Å². The van der Waals surface area contributed by atoms with Gasteiger partial charge in [0.2, 0.25) is 11.7 Å². The molecule has 1 aliphatic rings. The summed E-state index contributed by atoms with van der Waals surface area (Å²) in [4.78, 5) is 38.8. The molecule has 1 unspecified atom stereocenters. The maximum Gasteiger partial charge on any atom is 0.305 e. The van der Waals surface area contributed by atoms with Crippen LogP contribution >= 0.6 is 23.4 Å². The number of aryl methyl sites for hydroxylation is 1. The van der Waals surface area contributed by atoms with E-state index in [9.17, 15) is 14.4 Å².